The lowest BCUT2D eigenvalue weighted by Gasteiger charge is -2.27. The first-order valence-corrected chi connectivity index (χ1v) is 7.14. The van der Waals surface area contributed by atoms with Crippen LogP contribution in [0.3, 0.4) is 0 Å². The molecule has 0 saturated heterocycles. The second-order valence-corrected chi connectivity index (χ2v) is 5.71. The maximum absolute atomic E-state index is 13.0. The molecule has 0 amide bonds. The summed E-state index contributed by atoms with van der Waals surface area (Å²) in [7, 11) is 0. The van der Waals surface area contributed by atoms with Gasteiger partial charge in [0.05, 0.1) is 11.7 Å². The molecule has 0 aliphatic heterocycles. The van der Waals surface area contributed by atoms with E-state index in [-0.39, 0.29) is 22.7 Å². The van der Waals surface area contributed by atoms with Crippen LogP contribution < -0.4 is 11.1 Å². The van der Waals surface area contributed by atoms with Gasteiger partial charge in [0, 0.05) is 17.3 Å². The monoisotopic (exact) mass is 318 g/mol. The van der Waals surface area contributed by atoms with Gasteiger partial charge in [0.2, 0.25) is 0 Å². The first-order valence-electron chi connectivity index (χ1n) is 6.73. The quantitative estimate of drug-likeness (QED) is 0.750. The lowest BCUT2D eigenvalue weighted by Crippen LogP contribution is -2.28. The number of thiocarbonyl (C=S) groups is 1. The number of aliphatic hydroxyl groups excluding tert-OH is 1. The van der Waals surface area contributed by atoms with Gasteiger partial charge in [-0.05, 0) is 43.9 Å². The highest BCUT2D eigenvalue weighted by Crippen LogP contribution is 2.34. The van der Waals surface area contributed by atoms with E-state index in [1.807, 2.05) is 0 Å². The number of nitrogens with two attached hydrogens (primary N) is 1. The summed E-state index contributed by atoms with van der Waals surface area (Å²) in [6, 6.07) is 3.96. The van der Waals surface area contributed by atoms with E-state index in [0.717, 1.165) is 18.9 Å². The Hall–Kier alpha value is -1.34. The average Bonchev–Trinajstić information content (AvgIpc) is 2.40. The van der Waals surface area contributed by atoms with Crippen LogP contribution in [0.1, 0.15) is 36.8 Å². The Kier molecular flexibility index (Phi) is 4.73. The number of anilines is 1. The number of rotatable bonds is 3. The number of aliphatic hydroxyl groups is 1. The molecule has 1 aliphatic rings. The minimum absolute atomic E-state index is 0.0742. The van der Waals surface area contributed by atoms with Gasteiger partial charge in [-0.15, -0.1) is 0 Å². The van der Waals surface area contributed by atoms with Crippen LogP contribution in [0, 0.1) is 0 Å². The van der Waals surface area contributed by atoms with Gasteiger partial charge in [-0.2, -0.15) is 13.2 Å². The predicted octanol–water partition coefficient (Wildman–Crippen LogP) is 3.06. The zero-order valence-electron chi connectivity index (χ0n) is 11.3. The molecule has 0 atom stereocenters. The topological polar surface area (TPSA) is 58.3 Å². The summed E-state index contributed by atoms with van der Waals surface area (Å²) < 4.78 is 39.1. The predicted molar refractivity (Wildman–Crippen MR) is 79.2 cm³/mol. The highest BCUT2D eigenvalue weighted by molar-refractivity contribution is 7.80. The van der Waals surface area contributed by atoms with E-state index in [2.05, 4.69) is 17.5 Å². The molecule has 0 aromatic heterocycles. The number of hydrogen-bond acceptors (Lipinski definition) is 3. The minimum atomic E-state index is -4.50. The maximum Gasteiger partial charge on any atom is 0.417 e. The lowest BCUT2D eigenvalue weighted by atomic mass is 9.93. The zero-order chi connectivity index (χ0) is 15.6. The summed E-state index contributed by atoms with van der Waals surface area (Å²) in [5.74, 6) is 0. The molecule has 1 fully saturated rings. The van der Waals surface area contributed by atoms with Crippen LogP contribution in [0.4, 0.5) is 18.9 Å². The van der Waals surface area contributed by atoms with Crippen LogP contribution in [-0.2, 0) is 6.18 Å². The molecule has 0 heterocycles. The number of hydrogen-bond donors (Lipinski definition) is 3. The molecule has 7 heteroatoms. The van der Waals surface area contributed by atoms with Crippen molar-refractivity contribution in [3.05, 3.63) is 29.3 Å². The zero-order valence-corrected chi connectivity index (χ0v) is 12.1. The largest absolute Gasteiger partial charge is 0.417 e. The van der Waals surface area contributed by atoms with Gasteiger partial charge in [0.25, 0.3) is 0 Å². The summed E-state index contributed by atoms with van der Waals surface area (Å²) in [6.07, 6.45) is -2.01. The molecule has 1 aromatic rings. The van der Waals surface area contributed by atoms with Gasteiger partial charge in [-0.1, -0.05) is 12.2 Å². The SMILES string of the molecule is NC(=S)c1ccc(NC2CCC(O)CC2)cc1C(F)(F)F. The van der Waals surface area contributed by atoms with Gasteiger partial charge < -0.3 is 16.2 Å². The molecular formula is C14H17F3N2OS. The standard InChI is InChI=1S/C14H17F3N2OS/c15-14(16,17)12-7-9(3-6-11(12)13(18)21)19-8-1-4-10(20)5-2-8/h3,6-8,10,19-20H,1-2,4-5H2,(H2,18,21). The second kappa shape index (κ2) is 6.19. The van der Waals surface area contributed by atoms with Crippen molar-refractivity contribution in [2.45, 2.75) is 44.0 Å². The summed E-state index contributed by atoms with van der Waals surface area (Å²) in [4.78, 5) is -0.269. The van der Waals surface area contributed by atoms with Crippen LogP contribution in [-0.4, -0.2) is 22.2 Å². The molecule has 0 unspecified atom stereocenters. The molecule has 21 heavy (non-hydrogen) atoms. The average molecular weight is 318 g/mol. The molecule has 4 N–H and O–H groups in total. The first kappa shape index (κ1) is 16.0. The highest BCUT2D eigenvalue weighted by atomic mass is 32.1. The van der Waals surface area contributed by atoms with Gasteiger partial charge in [0.1, 0.15) is 4.99 Å². The van der Waals surface area contributed by atoms with Crippen molar-refractivity contribution in [1.29, 1.82) is 0 Å². The van der Waals surface area contributed by atoms with Crippen molar-refractivity contribution in [2.75, 3.05) is 5.32 Å². The second-order valence-electron chi connectivity index (χ2n) is 5.27. The fourth-order valence-electron chi connectivity index (χ4n) is 2.54. The van der Waals surface area contributed by atoms with Crippen molar-refractivity contribution in [3.8, 4) is 0 Å². The maximum atomic E-state index is 13.0. The number of nitrogens with one attached hydrogen (secondary N) is 1. The van der Waals surface area contributed by atoms with E-state index in [0.29, 0.717) is 18.5 Å². The molecule has 0 bridgehead atoms. The summed E-state index contributed by atoms with van der Waals surface area (Å²) in [5.41, 5.74) is 4.75. The summed E-state index contributed by atoms with van der Waals surface area (Å²) in [6.45, 7) is 0. The third-order valence-electron chi connectivity index (χ3n) is 3.66. The van der Waals surface area contributed by atoms with E-state index in [1.54, 1.807) is 6.07 Å². The van der Waals surface area contributed by atoms with E-state index >= 15 is 0 Å². The Bertz CT molecular complexity index is 525. The molecule has 0 radical (unpaired) electrons. The van der Waals surface area contributed by atoms with Gasteiger partial charge in [-0.25, -0.2) is 0 Å². The third-order valence-corrected chi connectivity index (χ3v) is 3.88. The van der Waals surface area contributed by atoms with E-state index in [4.69, 9.17) is 5.73 Å². The fraction of sp³-hybridized carbons (Fsp3) is 0.500. The molecule has 1 saturated carbocycles. The number of benzene rings is 1. The van der Waals surface area contributed by atoms with Crippen LogP contribution >= 0.6 is 12.2 Å². The van der Waals surface area contributed by atoms with Gasteiger partial charge in [-0.3, -0.25) is 0 Å². The van der Waals surface area contributed by atoms with Crippen LogP contribution in [0.25, 0.3) is 0 Å². The Morgan fingerprint density at radius 2 is 1.86 bits per heavy atom. The molecule has 1 aliphatic carbocycles. The van der Waals surface area contributed by atoms with Gasteiger partial charge in [0.15, 0.2) is 0 Å². The van der Waals surface area contributed by atoms with Crippen molar-refractivity contribution < 1.29 is 18.3 Å². The summed E-state index contributed by atoms with van der Waals surface area (Å²) in [5, 5.41) is 12.5. The normalized spacial score (nSPS) is 22.9. The van der Waals surface area contributed by atoms with Crippen LogP contribution in [0.15, 0.2) is 18.2 Å². The number of alkyl halides is 3. The van der Waals surface area contributed by atoms with Gasteiger partial charge >= 0.3 is 6.18 Å². The Labute approximate surface area is 126 Å². The van der Waals surface area contributed by atoms with Crippen molar-refractivity contribution >= 4 is 22.9 Å². The molecule has 0 spiro atoms. The van der Waals surface area contributed by atoms with Crippen molar-refractivity contribution in [3.63, 3.8) is 0 Å². The highest BCUT2D eigenvalue weighted by Gasteiger charge is 2.34. The molecule has 3 nitrogen and oxygen atoms in total. The van der Waals surface area contributed by atoms with Crippen LogP contribution in [0.2, 0.25) is 0 Å². The Morgan fingerprint density at radius 1 is 1.24 bits per heavy atom. The van der Waals surface area contributed by atoms with E-state index in [9.17, 15) is 18.3 Å². The Morgan fingerprint density at radius 3 is 2.38 bits per heavy atom. The van der Waals surface area contributed by atoms with E-state index in [1.165, 1.54) is 6.07 Å². The smallest absolute Gasteiger partial charge is 0.393 e. The number of halogens is 3. The first-order chi connectivity index (χ1) is 9.77. The summed E-state index contributed by atoms with van der Waals surface area (Å²) >= 11 is 4.67. The molecule has 2 rings (SSSR count). The van der Waals surface area contributed by atoms with Crippen molar-refractivity contribution in [2.24, 2.45) is 5.73 Å². The lowest BCUT2D eigenvalue weighted by molar-refractivity contribution is -0.137. The minimum Gasteiger partial charge on any atom is -0.393 e. The molecular weight excluding hydrogens is 301 g/mol. The Balaban J connectivity index is 2.20. The van der Waals surface area contributed by atoms with E-state index < -0.39 is 11.7 Å². The van der Waals surface area contributed by atoms with Crippen LogP contribution in [0.5, 0.6) is 0 Å². The molecule has 116 valence electrons. The van der Waals surface area contributed by atoms with Crippen molar-refractivity contribution in [1.82, 2.24) is 0 Å². The third kappa shape index (κ3) is 4.07. The fourth-order valence-corrected chi connectivity index (χ4v) is 2.72. The molecule has 1 aromatic carbocycles.